The second kappa shape index (κ2) is 4.69. The van der Waals surface area contributed by atoms with Crippen LogP contribution in [-0.4, -0.2) is 22.5 Å². The Morgan fingerprint density at radius 1 is 1.43 bits per heavy atom. The molecule has 1 aliphatic rings. The number of hydrogen-bond acceptors (Lipinski definition) is 3. The van der Waals surface area contributed by atoms with E-state index in [1.807, 2.05) is 12.4 Å². The number of aryl methyl sites for hydroxylation is 1. The summed E-state index contributed by atoms with van der Waals surface area (Å²) in [5.41, 5.74) is 2.49. The molecule has 1 fully saturated rings. The predicted octanol–water partition coefficient (Wildman–Crippen LogP) is 2.70. The van der Waals surface area contributed by atoms with E-state index in [1.54, 1.807) is 0 Å². The van der Waals surface area contributed by atoms with E-state index in [0.29, 0.717) is 6.04 Å². The van der Waals surface area contributed by atoms with E-state index in [9.17, 15) is 0 Å². The minimum atomic E-state index is 0.652. The van der Waals surface area contributed by atoms with Crippen LogP contribution in [0.15, 0.2) is 18.5 Å². The normalized spacial score (nSPS) is 18.1. The third-order valence-electron chi connectivity index (χ3n) is 2.62. The van der Waals surface area contributed by atoms with Crippen LogP contribution in [0.25, 0.3) is 0 Å². The number of nitrogens with zero attached hydrogens (tertiary/aromatic N) is 1. The molecule has 1 saturated heterocycles. The maximum Gasteiger partial charge on any atom is 0.0558 e. The fourth-order valence-electron chi connectivity index (χ4n) is 1.68. The van der Waals surface area contributed by atoms with E-state index >= 15 is 0 Å². The number of pyridine rings is 1. The van der Waals surface area contributed by atoms with Crippen molar-refractivity contribution in [1.29, 1.82) is 0 Å². The number of anilines is 1. The van der Waals surface area contributed by atoms with Crippen molar-refractivity contribution >= 4 is 17.4 Å². The molecule has 14 heavy (non-hydrogen) atoms. The lowest BCUT2D eigenvalue weighted by atomic mass is 10.1. The molecule has 1 aromatic heterocycles. The molecule has 2 rings (SSSR count). The third-order valence-corrected chi connectivity index (χ3v) is 3.67. The van der Waals surface area contributed by atoms with Crippen molar-refractivity contribution in [2.24, 2.45) is 0 Å². The van der Waals surface area contributed by atoms with Crippen LogP contribution in [0.3, 0.4) is 0 Å². The first kappa shape index (κ1) is 9.84. The summed E-state index contributed by atoms with van der Waals surface area (Å²) in [6.45, 7) is 2.13. The molecule has 0 radical (unpaired) electrons. The highest BCUT2D eigenvalue weighted by Gasteiger charge is 2.13. The number of nitrogens with one attached hydrogen (secondary N) is 1. The molecule has 0 bridgehead atoms. The van der Waals surface area contributed by atoms with E-state index < -0.39 is 0 Å². The summed E-state index contributed by atoms with van der Waals surface area (Å²) in [7, 11) is 0. The first-order valence-corrected chi connectivity index (χ1v) is 6.26. The Balaban J connectivity index is 1.99. The van der Waals surface area contributed by atoms with Gasteiger partial charge in [0.05, 0.1) is 11.9 Å². The maximum atomic E-state index is 4.14. The average molecular weight is 208 g/mol. The van der Waals surface area contributed by atoms with Crippen LogP contribution in [0.5, 0.6) is 0 Å². The van der Waals surface area contributed by atoms with Gasteiger partial charge in [-0.3, -0.25) is 4.98 Å². The number of aromatic nitrogens is 1. The van der Waals surface area contributed by atoms with Crippen molar-refractivity contribution < 1.29 is 0 Å². The summed E-state index contributed by atoms with van der Waals surface area (Å²) in [4.78, 5) is 4.14. The number of thioether (sulfide) groups is 1. The standard InChI is InChI=1S/C11H16N2S/c1-9-2-5-12-8-11(9)13-10-3-6-14-7-4-10/h2,5,8,10,13H,3-4,6-7H2,1H3. The van der Waals surface area contributed by atoms with E-state index in [1.165, 1.54) is 35.6 Å². The lowest BCUT2D eigenvalue weighted by Crippen LogP contribution is -2.24. The summed E-state index contributed by atoms with van der Waals surface area (Å²) in [6.07, 6.45) is 6.33. The summed E-state index contributed by atoms with van der Waals surface area (Å²) in [6, 6.07) is 2.71. The topological polar surface area (TPSA) is 24.9 Å². The fourth-order valence-corrected chi connectivity index (χ4v) is 2.78. The molecule has 0 unspecified atom stereocenters. The van der Waals surface area contributed by atoms with Gasteiger partial charge in [0.25, 0.3) is 0 Å². The van der Waals surface area contributed by atoms with Crippen LogP contribution >= 0.6 is 11.8 Å². The van der Waals surface area contributed by atoms with Gasteiger partial charge in [-0.15, -0.1) is 0 Å². The van der Waals surface area contributed by atoms with Crippen molar-refractivity contribution in [2.75, 3.05) is 16.8 Å². The van der Waals surface area contributed by atoms with Crippen LogP contribution in [0, 0.1) is 6.92 Å². The monoisotopic (exact) mass is 208 g/mol. The second-order valence-corrected chi connectivity index (χ2v) is 4.95. The zero-order valence-corrected chi connectivity index (χ0v) is 9.31. The first-order chi connectivity index (χ1) is 6.86. The van der Waals surface area contributed by atoms with Gasteiger partial charge in [0, 0.05) is 12.2 Å². The highest BCUT2D eigenvalue weighted by molar-refractivity contribution is 7.99. The molecule has 76 valence electrons. The summed E-state index contributed by atoms with van der Waals surface area (Å²) < 4.78 is 0. The Morgan fingerprint density at radius 3 is 2.93 bits per heavy atom. The molecule has 2 nitrogen and oxygen atoms in total. The largest absolute Gasteiger partial charge is 0.381 e. The SMILES string of the molecule is Cc1ccncc1NC1CCSCC1. The van der Waals surface area contributed by atoms with Crippen LogP contribution in [0.4, 0.5) is 5.69 Å². The van der Waals surface area contributed by atoms with E-state index in [4.69, 9.17) is 0 Å². The molecule has 2 heterocycles. The third kappa shape index (κ3) is 2.41. The van der Waals surface area contributed by atoms with Crippen molar-refractivity contribution in [3.05, 3.63) is 24.0 Å². The molecule has 0 aliphatic carbocycles. The van der Waals surface area contributed by atoms with Gasteiger partial charge >= 0.3 is 0 Å². The Bertz CT molecular complexity index is 295. The molecule has 0 spiro atoms. The molecule has 0 aromatic carbocycles. The van der Waals surface area contributed by atoms with Crippen molar-refractivity contribution in [2.45, 2.75) is 25.8 Å². The van der Waals surface area contributed by atoms with Crippen LogP contribution in [-0.2, 0) is 0 Å². The molecule has 0 atom stereocenters. The minimum Gasteiger partial charge on any atom is -0.381 e. The van der Waals surface area contributed by atoms with Gasteiger partial charge in [-0.25, -0.2) is 0 Å². The van der Waals surface area contributed by atoms with Gasteiger partial charge in [0.15, 0.2) is 0 Å². The Morgan fingerprint density at radius 2 is 2.21 bits per heavy atom. The zero-order chi connectivity index (χ0) is 9.80. The molecular weight excluding hydrogens is 192 g/mol. The summed E-state index contributed by atoms with van der Waals surface area (Å²) in [5.74, 6) is 2.58. The highest BCUT2D eigenvalue weighted by Crippen LogP contribution is 2.21. The Labute approximate surface area is 89.5 Å². The van der Waals surface area contributed by atoms with Crippen molar-refractivity contribution in [3.8, 4) is 0 Å². The van der Waals surface area contributed by atoms with Gasteiger partial charge in [0.1, 0.15) is 0 Å². The molecule has 0 amide bonds. The van der Waals surface area contributed by atoms with Crippen molar-refractivity contribution in [3.63, 3.8) is 0 Å². The minimum absolute atomic E-state index is 0.652. The Kier molecular flexibility index (Phi) is 3.30. The van der Waals surface area contributed by atoms with E-state index in [-0.39, 0.29) is 0 Å². The second-order valence-electron chi connectivity index (χ2n) is 3.72. The summed E-state index contributed by atoms with van der Waals surface area (Å²) >= 11 is 2.06. The molecule has 1 N–H and O–H groups in total. The van der Waals surface area contributed by atoms with Crippen LogP contribution < -0.4 is 5.32 Å². The van der Waals surface area contributed by atoms with E-state index in [2.05, 4.69) is 35.1 Å². The van der Waals surface area contributed by atoms with Crippen LogP contribution in [0.1, 0.15) is 18.4 Å². The Hall–Kier alpha value is -0.700. The fraction of sp³-hybridized carbons (Fsp3) is 0.545. The zero-order valence-electron chi connectivity index (χ0n) is 8.49. The van der Waals surface area contributed by atoms with Gasteiger partial charge < -0.3 is 5.32 Å². The number of hydrogen-bond donors (Lipinski definition) is 1. The van der Waals surface area contributed by atoms with Gasteiger partial charge in [-0.1, -0.05) is 0 Å². The molecule has 0 saturated carbocycles. The molecule has 1 aromatic rings. The molecule has 1 aliphatic heterocycles. The summed E-state index contributed by atoms with van der Waals surface area (Å²) in [5, 5.41) is 3.57. The van der Waals surface area contributed by atoms with Gasteiger partial charge in [-0.05, 0) is 42.9 Å². The van der Waals surface area contributed by atoms with Gasteiger partial charge in [-0.2, -0.15) is 11.8 Å². The molecule has 3 heteroatoms. The van der Waals surface area contributed by atoms with Gasteiger partial charge in [0.2, 0.25) is 0 Å². The lowest BCUT2D eigenvalue weighted by Gasteiger charge is -2.24. The molecular formula is C11H16N2S. The van der Waals surface area contributed by atoms with Crippen LogP contribution in [0.2, 0.25) is 0 Å². The highest BCUT2D eigenvalue weighted by atomic mass is 32.2. The maximum absolute atomic E-state index is 4.14. The average Bonchev–Trinajstić information content (AvgIpc) is 2.23. The number of rotatable bonds is 2. The predicted molar refractivity (Wildman–Crippen MR) is 62.9 cm³/mol. The quantitative estimate of drug-likeness (QED) is 0.809. The van der Waals surface area contributed by atoms with Crippen molar-refractivity contribution in [1.82, 2.24) is 4.98 Å². The lowest BCUT2D eigenvalue weighted by molar-refractivity contribution is 0.666. The van der Waals surface area contributed by atoms with E-state index in [0.717, 1.165) is 0 Å². The first-order valence-electron chi connectivity index (χ1n) is 5.11. The smallest absolute Gasteiger partial charge is 0.0558 e.